The van der Waals surface area contributed by atoms with Gasteiger partial charge in [-0.05, 0) is 30.5 Å². The van der Waals surface area contributed by atoms with E-state index in [0.717, 1.165) is 27.8 Å². The number of nitrogens with zero attached hydrogens (tertiary/aromatic N) is 1. The van der Waals surface area contributed by atoms with Gasteiger partial charge in [-0.3, -0.25) is 0 Å². The third-order valence-electron chi connectivity index (χ3n) is 4.94. The van der Waals surface area contributed by atoms with Gasteiger partial charge in [0.05, 0.1) is 15.8 Å². The molecular weight excluding hydrogens is 517 g/mol. The molecule has 0 aromatic heterocycles. The second kappa shape index (κ2) is 13.1. The molecule has 3 aromatic rings. The van der Waals surface area contributed by atoms with E-state index in [0.29, 0.717) is 0 Å². The third kappa shape index (κ3) is 7.82. The number of hydrogen-bond donors (Lipinski definition) is 0. The van der Waals surface area contributed by atoms with Crippen LogP contribution in [0.15, 0.2) is 78.9 Å². The van der Waals surface area contributed by atoms with Gasteiger partial charge in [-0.2, -0.15) is 0 Å². The van der Waals surface area contributed by atoms with Gasteiger partial charge in [0.25, 0.3) is 0 Å². The number of benzene rings is 3. The number of sulfonamides is 1. The zero-order chi connectivity index (χ0) is 22.1. The Morgan fingerprint density at radius 1 is 0.871 bits per heavy atom. The Morgan fingerprint density at radius 2 is 1.39 bits per heavy atom. The molecule has 0 aliphatic heterocycles. The average Bonchev–Trinajstić information content (AvgIpc) is 2.77. The predicted molar refractivity (Wildman–Crippen MR) is 127 cm³/mol. The summed E-state index contributed by atoms with van der Waals surface area (Å²) in [4.78, 5) is 0. The maximum absolute atomic E-state index is 12.9. The molecule has 3 rings (SSSR count). The van der Waals surface area contributed by atoms with Crippen LogP contribution in [0, 0.1) is 21.3 Å². The second-order valence-electron chi connectivity index (χ2n) is 6.93. The molecule has 2 unspecified atom stereocenters. The molecule has 0 saturated carbocycles. The zero-order valence-corrected chi connectivity index (χ0v) is 21.1. The van der Waals surface area contributed by atoms with Gasteiger partial charge >= 0.3 is 27.0 Å². The number of aryl methyl sites for hydroxylation is 1. The summed E-state index contributed by atoms with van der Waals surface area (Å²) in [5.41, 5.74) is 12.9. The van der Waals surface area contributed by atoms with Crippen molar-refractivity contribution in [2.75, 3.05) is 0 Å². The molecule has 1 N–H and O–H groups in total. The molecule has 0 heterocycles. The summed E-state index contributed by atoms with van der Waals surface area (Å²) in [6, 6.07) is 22.5. The van der Waals surface area contributed by atoms with E-state index in [4.69, 9.17) is 5.73 Å². The molecule has 0 saturated heterocycles. The summed E-state index contributed by atoms with van der Waals surface area (Å²) >= 11 is 1.82. The Kier molecular flexibility index (Phi) is 11.6. The SMILES string of the molecule is Cc1cccc(CS(=O)(=O)[N-]C(c2ccccc2)C([NH-])c2ccccc2)c1C.[CH3-].[Cl][Ru+3]. The fourth-order valence-corrected chi connectivity index (χ4v) is 4.55. The van der Waals surface area contributed by atoms with Gasteiger partial charge in [-0.1, -0.05) is 90.0 Å². The van der Waals surface area contributed by atoms with E-state index >= 15 is 0 Å². The fourth-order valence-electron chi connectivity index (χ4n) is 3.18. The van der Waals surface area contributed by atoms with Crippen molar-refractivity contribution in [1.82, 2.24) is 0 Å². The summed E-state index contributed by atoms with van der Waals surface area (Å²) in [6.07, 6.45) is 0. The standard InChI is InChI=1S/C23H24N2O2S.CH3.ClH.Ru/c1-17-10-9-15-21(18(17)2)16-28(26,27)25-23(20-13-7-4-8-14-20)22(24)19-11-5-3-6-12-19;;;/h3-15,22-24H,16H2,1-2H3;1H3;1H;/q-2;-1;;+4/p-1. The molecule has 4 nitrogen and oxygen atoms in total. The molecule has 0 amide bonds. The van der Waals surface area contributed by atoms with E-state index < -0.39 is 22.1 Å². The van der Waals surface area contributed by atoms with Crippen LogP contribution in [0.3, 0.4) is 0 Å². The molecule has 3 aromatic carbocycles. The van der Waals surface area contributed by atoms with Gasteiger partial charge in [0.1, 0.15) is 0 Å². The number of hydrogen-bond acceptors (Lipinski definition) is 2. The third-order valence-corrected chi connectivity index (χ3v) is 6.17. The first-order valence-corrected chi connectivity index (χ1v) is 13.2. The van der Waals surface area contributed by atoms with Gasteiger partial charge in [-0.25, -0.2) is 8.42 Å². The second-order valence-corrected chi connectivity index (χ2v) is 8.60. The van der Waals surface area contributed by atoms with Gasteiger partial charge in [0.2, 0.25) is 0 Å². The van der Waals surface area contributed by atoms with E-state index in [1.54, 1.807) is 0 Å². The Morgan fingerprint density at radius 3 is 1.94 bits per heavy atom. The van der Waals surface area contributed by atoms with Crippen molar-refractivity contribution in [3.8, 4) is 0 Å². The van der Waals surface area contributed by atoms with Crippen molar-refractivity contribution in [2.24, 2.45) is 0 Å². The molecule has 0 aliphatic rings. The van der Waals surface area contributed by atoms with Crippen molar-refractivity contribution >= 4 is 19.7 Å². The van der Waals surface area contributed by atoms with Crippen LogP contribution in [0.4, 0.5) is 0 Å². The van der Waals surface area contributed by atoms with Crippen molar-refractivity contribution in [1.29, 1.82) is 0 Å². The van der Waals surface area contributed by atoms with Crippen LogP contribution >= 0.6 is 9.69 Å². The summed E-state index contributed by atoms with van der Waals surface area (Å²) < 4.78 is 30.1. The number of rotatable bonds is 7. The minimum atomic E-state index is -3.77. The molecule has 0 bridgehead atoms. The van der Waals surface area contributed by atoms with Crippen molar-refractivity contribution < 1.29 is 25.7 Å². The van der Waals surface area contributed by atoms with Crippen LogP contribution in [0.1, 0.15) is 39.9 Å². The summed E-state index contributed by atoms with van der Waals surface area (Å²) in [6.45, 7) is 3.89. The first kappa shape index (κ1) is 27.5. The van der Waals surface area contributed by atoms with E-state index in [2.05, 4.69) is 14.4 Å². The molecule has 0 radical (unpaired) electrons. The predicted octanol–water partition coefficient (Wildman–Crippen LogP) is 7.18. The topological polar surface area (TPSA) is 72.0 Å². The van der Waals surface area contributed by atoms with E-state index in [1.807, 2.05) is 110 Å². The molecular formula is C24H27ClN2O2RuS. The van der Waals surface area contributed by atoms with Crippen molar-refractivity contribution in [3.05, 3.63) is 125 Å². The van der Waals surface area contributed by atoms with Gasteiger partial charge in [-0.15, -0.1) is 12.1 Å². The van der Waals surface area contributed by atoms with E-state index in [-0.39, 0.29) is 13.2 Å². The molecule has 2 atom stereocenters. The fraction of sp³-hybridized carbons (Fsp3) is 0.208. The van der Waals surface area contributed by atoms with Crippen LogP contribution < -0.4 is 0 Å². The van der Waals surface area contributed by atoms with Crippen LogP contribution in [0.2, 0.25) is 0 Å². The van der Waals surface area contributed by atoms with Crippen molar-refractivity contribution in [2.45, 2.75) is 31.7 Å². The normalized spacial score (nSPS) is 12.6. The van der Waals surface area contributed by atoms with Crippen LogP contribution in [-0.2, 0) is 33.1 Å². The quantitative estimate of drug-likeness (QED) is 0.234. The maximum atomic E-state index is 12.9. The summed E-state index contributed by atoms with van der Waals surface area (Å²) in [7, 11) is 0.800. The van der Waals surface area contributed by atoms with Crippen LogP contribution in [0.25, 0.3) is 10.5 Å². The van der Waals surface area contributed by atoms with Gasteiger partial charge in [0.15, 0.2) is 0 Å². The van der Waals surface area contributed by atoms with Gasteiger partial charge in [0, 0.05) is 0 Å². The molecule has 0 spiro atoms. The Bertz CT molecular complexity index is 1030. The molecule has 0 aliphatic carbocycles. The first-order valence-electron chi connectivity index (χ1n) is 9.31. The van der Waals surface area contributed by atoms with Crippen LogP contribution in [0.5, 0.6) is 0 Å². The minimum absolute atomic E-state index is 0. The monoisotopic (exact) mass is 544 g/mol. The molecule has 31 heavy (non-hydrogen) atoms. The van der Waals surface area contributed by atoms with E-state index in [1.165, 1.54) is 0 Å². The Hall–Kier alpha value is -1.56. The molecule has 7 heteroatoms. The van der Waals surface area contributed by atoms with Crippen molar-refractivity contribution in [3.63, 3.8) is 0 Å². The number of halogens is 1. The Balaban J connectivity index is 0.00000156. The first-order chi connectivity index (χ1) is 14.4. The average molecular weight is 544 g/mol. The summed E-state index contributed by atoms with van der Waals surface area (Å²) in [5, 5.41) is 0. The Labute approximate surface area is 201 Å². The number of nitrogens with one attached hydrogen (secondary N) is 1. The van der Waals surface area contributed by atoms with Gasteiger partial charge < -0.3 is 17.9 Å². The van der Waals surface area contributed by atoms with Crippen LogP contribution in [-0.4, -0.2) is 8.42 Å². The van der Waals surface area contributed by atoms with E-state index in [9.17, 15) is 8.42 Å². The zero-order valence-electron chi connectivity index (χ0n) is 17.8. The molecule has 166 valence electrons. The molecule has 0 fully saturated rings. The summed E-state index contributed by atoms with van der Waals surface area (Å²) in [5.74, 6) is -0.161.